The van der Waals surface area contributed by atoms with Gasteiger partial charge in [0.25, 0.3) is 0 Å². The predicted octanol–water partition coefficient (Wildman–Crippen LogP) is 2.04. The summed E-state index contributed by atoms with van der Waals surface area (Å²) in [7, 11) is 0. The minimum atomic E-state index is -0.150. The molecule has 1 amide bonds. The number of carbonyl (C=O) groups excluding carboxylic acids is 1. The van der Waals surface area contributed by atoms with E-state index in [1.807, 2.05) is 19.9 Å². The van der Waals surface area contributed by atoms with Gasteiger partial charge in [0.2, 0.25) is 5.91 Å². The normalized spacial score (nSPS) is 12.9. The molecule has 1 N–H and O–H groups in total. The molecule has 0 bridgehead atoms. The average Bonchev–Trinajstić information content (AvgIpc) is 2.17. The molecule has 0 rings (SSSR count). The average molecular weight is 191 g/mol. The maximum Gasteiger partial charge on any atom is 0.244 e. The maximum atomic E-state index is 11.2. The molecular weight excluding hydrogens is 174 g/mol. The van der Waals surface area contributed by atoms with Gasteiger partial charge in [0.15, 0.2) is 0 Å². The van der Waals surface area contributed by atoms with Crippen molar-refractivity contribution in [3.63, 3.8) is 0 Å². The molecule has 14 heavy (non-hydrogen) atoms. The van der Waals surface area contributed by atoms with Gasteiger partial charge in [-0.25, -0.2) is 0 Å². The SMILES string of the molecule is C#CC(CCC)NC(=O)/C=C/C=CC. The monoisotopic (exact) mass is 191 g/mol. The molecule has 1 unspecified atom stereocenters. The van der Waals surface area contributed by atoms with Crippen molar-refractivity contribution < 1.29 is 4.79 Å². The summed E-state index contributed by atoms with van der Waals surface area (Å²) in [6.07, 6.45) is 13.9. The third-order valence-electron chi connectivity index (χ3n) is 1.65. The van der Waals surface area contributed by atoms with E-state index in [0.29, 0.717) is 0 Å². The van der Waals surface area contributed by atoms with Crippen LogP contribution in [0.2, 0.25) is 0 Å². The van der Waals surface area contributed by atoms with Gasteiger partial charge < -0.3 is 5.32 Å². The summed E-state index contributed by atoms with van der Waals surface area (Å²) in [5.74, 6) is 2.40. The molecule has 0 aliphatic heterocycles. The Morgan fingerprint density at radius 2 is 2.29 bits per heavy atom. The van der Waals surface area contributed by atoms with Gasteiger partial charge in [-0.2, -0.15) is 0 Å². The van der Waals surface area contributed by atoms with Crippen molar-refractivity contribution in [1.29, 1.82) is 0 Å². The van der Waals surface area contributed by atoms with E-state index in [-0.39, 0.29) is 11.9 Å². The molecule has 0 saturated heterocycles. The van der Waals surface area contributed by atoms with Gasteiger partial charge in [-0.1, -0.05) is 37.5 Å². The van der Waals surface area contributed by atoms with Crippen LogP contribution in [-0.2, 0) is 4.79 Å². The molecule has 0 fully saturated rings. The number of terminal acetylenes is 1. The van der Waals surface area contributed by atoms with Crippen molar-refractivity contribution in [2.75, 3.05) is 0 Å². The van der Waals surface area contributed by atoms with Crippen LogP contribution < -0.4 is 5.32 Å². The van der Waals surface area contributed by atoms with E-state index in [1.165, 1.54) is 6.08 Å². The summed E-state index contributed by atoms with van der Waals surface area (Å²) < 4.78 is 0. The Bertz CT molecular complexity index is 258. The number of carbonyl (C=O) groups is 1. The van der Waals surface area contributed by atoms with E-state index in [4.69, 9.17) is 6.42 Å². The first-order chi connectivity index (χ1) is 6.74. The van der Waals surface area contributed by atoms with Crippen LogP contribution in [0.3, 0.4) is 0 Å². The Hall–Kier alpha value is -1.49. The van der Waals surface area contributed by atoms with Crippen molar-refractivity contribution in [2.45, 2.75) is 32.7 Å². The summed E-state index contributed by atoms with van der Waals surface area (Å²) in [6.45, 7) is 3.93. The molecule has 2 heteroatoms. The summed E-state index contributed by atoms with van der Waals surface area (Å²) in [5, 5.41) is 2.73. The Kier molecular flexibility index (Phi) is 7.26. The lowest BCUT2D eigenvalue weighted by molar-refractivity contribution is -0.116. The Morgan fingerprint density at radius 1 is 1.57 bits per heavy atom. The van der Waals surface area contributed by atoms with Crippen LogP contribution in [0.15, 0.2) is 24.3 Å². The third-order valence-corrected chi connectivity index (χ3v) is 1.65. The molecule has 0 saturated carbocycles. The molecule has 1 atom stereocenters. The van der Waals surface area contributed by atoms with Crippen molar-refractivity contribution >= 4 is 5.91 Å². The van der Waals surface area contributed by atoms with E-state index in [2.05, 4.69) is 11.2 Å². The molecule has 76 valence electrons. The fourth-order valence-electron chi connectivity index (χ4n) is 0.960. The topological polar surface area (TPSA) is 29.1 Å². The molecule has 0 aromatic carbocycles. The van der Waals surface area contributed by atoms with Gasteiger partial charge in [-0.05, 0) is 13.3 Å². The van der Waals surface area contributed by atoms with Crippen LogP contribution in [-0.4, -0.2) is 11.9 Å². The number of rotatable bonds is 5. The van der Waals surface area contributed by atoms with E-state index in [1.54, 1.807) is 12.2 Å². The number of nitrogens with one attached hydrogen (secondary N) is 1. The molecule has 0 aromatic rings. The highest BCUT2D eigenvalue weighted by Crippen LogP contribution is 1.94. The maximum absolute atomic E-state index is 11.2. The van der Waals surface area contributed by atoms with E-state index in [9.17, 15) is 4.79 Å². The molecular formula is C12H17NO. The zero-order chi connectivity index (χ0) is 10.8. The highest BCUT2D eigenvalue weighted by Gasteiger charge is 2.04. The highest BCUT2D eigenvalue weighted by atomic mass is 16.1. The van der Waals surface area contributed by atoms with Crippen LogP contribution in [0.5, 0.6) is 0 Å². The second kappa shape index (κ2) is 8.12. The molecule has 0 aliphatic rings. The van der Waals surface area contributed by atoms with Crippen molar-refractivity contribution in [3.8, 4) is 12.3 Å². The van der Waals surface area contributed by atoms with Crippen molar-refractivity contribution in [1.82, 2.24) is 5.32 Å². The van der Waals surface area contributed by atoms with Crippen LogP contribution >= 0.6 is 0 Å². The minimum absolute atomic E-state index is 0.139. The van der Waals surface area contributed by atoms with Gasteiger partial charge in [-0.3, -0.25) is 4.79 Å². The highest BCUT2D eigenvalue weighted by molar-refractivity contribution is 5.88. The Morgan fingerprint density at radius 3 is 2.79 bits per heavy atom. The lowest BCUT2D eigenvalue weighted by atomic mass is 10.2. The van der Waals surface area contributed by atoms with Gasteiger partial charge in [-0.15, -0.1) is 6.42 Å². The molecule has 0 spiro atoms. The van der Waals surface area contributed by atoms with Crippen LogP contribution in [0.1, 0.15) is 26.7 Å². The first-order valence-electron chi connectivity index (χ1n) is 4.80. The van der Waals surface area contributed by atoms with Gasteiger partial charge in [0.05, 0.1) is 6.04 Å². The third kappa shape index (κ3) is 6.07. The first-order valence-corrected chi connectivity index (χ1v) is 4.80. The lowest BCUT2D eigenvalue weighted by Gasteiger charge is -2.09. The lowest BCUT2D eigenvalue weighted by Crippen LogP contribution is -2.32. The number of hydrogen-bond acceptors (Lipinski definition) is 1. The van der Waals surface area contributed by atoms with Crippen molar-refractivity contribution in [3.05, 3.63) is 24.3 Å². The fourth-order valence-corrected chi connectivity index (χ4v) is 0.960. The van der Waals surface area contributed by atoms with Crippen LogP contribution in [0, 0.1) is 12.3 Å². The van der Waals surface area contributed by atoms with Gasteiger partial charge >= 0.3 is 0 Å². The van der Waals surface area contributed by atoms with Crippen LogP contribution in [0.25, 0.3) is 0 Å². The minimum Gasteiger partial charge on any atom is -0.339 e. The fraction of sp³-hybridized carbons (Fsp3) is 0.417. The van der Waals surface area contributed by atoms with E-state index < -0.39 is 0 Å². The standard InChI is InChI=1S/C12H17NO/c1-4-7-8-10-12(14)13-11(6-3)9-5-2/h3-4,7-8,10-11H,5,9H2,1-2H3,(H,13,14)/b7-4?,10-8+. The zero-order valence-corrected chi connectivity index (χ0v) is 8.79. The van der Waals surface area contributed by atoms with Gasteiger partial charge in [0.1, 0.15) is 0 Å². The Balaban J connectivity index is 3.98. The van der Waals surface area contributed by atoms with E-state index in [0.717, 1.165) is 12.8 Å². The largest absolute Gasteiger partial charge is 0.339 e. The number of allylic oxidation sites excluding steroid dienone is 3. The van der Waals surface area contributed by atoms with Crippen LogP contribution in [0.4, 0.5) is 0 Å². The predicted molar refractivity (Wildman–Crippen MR) is 59.6 cm³/mol. The Labute approximate surface area is 86.1 Å². The molecule has 2 nitrogen and oxygen atoms in total. The molecule has 0 heterocycles. The summed E-state index contributed by atoms with van der Waals surface area (Å²) in [4.78, 5) is 11.2. The van der Waals surface area contributed by atoms with E-state index >= 15 is 0 Å². The molecule has 0 aromatic heterocycles. The quantitative estimate of drug-likeness (QED) is 0.402. The summed E-state index contributed by atoms with van der Waals surface area (Å²) in [6, 6.07) is -0.150. The number of hydrogen-bond donors (Lipinski definition) is 1. The second-order valence-electron chi connectivity index (χ2n) is 2.90. The molecule has 0 aliphatic carbocycles. The number of amides is 1. The second-order valence-corrected chi connectivity index (χ2v) is 2.90. The summed E-state index contributed by atoms with van der Waals surface area (Å²) in [5.41, 5.74) is 0. The van der Waals surface area contributed by atoms with Gasteiger partial charge in [0, 0.05) is 6.08 Å². The smallest absolute Gasteiger partial charge is 0.244 e. The zero-order valence-electron chi connectivity index (χ0n) is 8.79. The summed E-state index contributed by atoms with van der Waals surface area (Å²) >= 11 is 0. The first kappa shape index (κ1) is 12.5. The molecule has 0 radical (unpaired) electrons. The van der Waals surface area contributed by atoms with Crippen molar-refractivity contribution in [2.24, 2.45) is 0 Å².